The molecule has 3 heterocycles. The molecule has 5 rings (SSSR count). The number of amides is 2. The van der Waals surface area contributed by atoms with Crippen LogP contribution in [0.3, 0.4) is 0 Å². The Morgan fingerprint density at radius 3 is 2.38 bits per heavy atom. The first-order chi connectivity index (χ1) is 16.2. The lowest BCUT2D eigenvalue weighted by Crippen LogP contribution is -2.35. The second-order valence-corrected chi connectivity index (χ2v) is 8.88. The van der Waals surface area contributed by atoms with Gasteiger partial charge >= 0.3 is 6.18 Å². The number of likely N-dealkylation sites (tertiary alicyclic amines) is 2. The first-order valence-corrected chi connectivity index (χ1v) is 10.9. The number of hydrogen-bond acceptors (Lipinski definition) is 4. The number of aryl methyl sites for hydroxylation is 1. The summed E-state index contributed by atoms with van der Waals surface area (Å²) < 4.78 is 52.1. The van der Waals surface area contributed by atoms with Crippen LogP contribution < -0.4 is 0 Å². The van der Waals surface area contributed by atoms with Crippen LogP contribution >= 0.6 is 0 Å². The maximum atomic E-state index is 14.1. The fourth-order valence-electron chi connectivity index (χ4n) is 4.85. The summed E-state index contributed by atoms with van der Waals surface area (Å²) in [5, 5.41) is 10.4. The molecule has 11 heteroatoms. The van der Waals surface area contributed by atoms with E-state index in [4.69, 9.17) is 0 Å². The van der Waals surface area contributed by atoms with Gasteiger partial charge in [0, 0.05) is 50.0 Å². The zero-order chi connectivity index (χ0) is 24.0. The summed E-state index contributed by atoms with van der Waals surface area (Å²) in [7, 11) is 0. The normalized spacial score (nSPS) is 20.2. The van der Waals surface area contributed by atoms with E-state index >= 15 is 0 Å². The van der Waals surface area contributed by atoms with Gasteiger partial charge in [0.05, 0.1) is 11.1 Å². The van der Waals surface area contributed by atoms with Crippen LogP contribution in [0.4, 0.5) is 17.6 Å². The van der Waals surface area contributed by atoms with Crippen molar-refractivity contribution in [2.24, 2.45) is 11.8 Å². The van der Waals surface area contributed by atoms with Crippen molar-refractivity contribution in [1.82, 2.24) is 25.2 Å². The molecular formula is C23H21F4N5O2. The molecule has 2 aliphatic heterocycles. The van der Waals surface area contributed by atoms with Gasteiger partial charge in [0.1, 0.15) is 11.3 Å². The lowest BCUT2D eigenvalue weighted by Gasteiger charge is -2.22. The van der Waals surface area contributed by atoms with E-state index in [1.807, 2.05) is 0 Å². The smallest absolute Gasteiger partial charge is 0.342 e. The molecule has 0 spiro atoms. The van der Waals surface area contributed by atoms with Crippen LogP contribution in [0, 0.1) is 17.7 Å². The van der Waals surface area contributed by atoms with E-state index in [2.05, 4.69) is 15.4 Å². The standard InChI is InChI=1S/C23H21F4N5O2/c24-18-8-17(23(25,26)27)4-1-13(18)3-6-21(33)31-9-15-11-32(12-16(15)10-31)22(34)14-2-5-19-20(7-14)29-30-28-19/h1-2,4-5,7-8,15-16H,3,6,9-12H2,(H,28,29,30)/t15-,16-/m1/s1. The number of benzene rings is 2. The van der Waals surface area contributed by atoms with Crippen molar-refractivity contribution in [2.45, 2.75) is 19.0 Å². The van der Waals surface area contributed by atoms with E-state index in [1.165, 1.54) is 0 Å². The van der Waals surface area contributed by atoms with E-state index in [-0.39, 0.29) is 42.1 Å². The highest BCUT2D eigenvalue weighted by atomic mass is 19.4. The van der Waals surface area contributed by atoms with E-state index in [0.717, 1.165) is 17.6 Å². The van der Waals surface area contributed by atoms with Crippen molar-refractivity contribution >= 4 is 22.8 Å². The number of carbonyl (C=O) groups is 2. The van der Waals surface area contributed by atoms with Crippen molar-refractivity contribution in [2.75, 3.05) is 26.2 Å². The summed E-state index contributed by atoms with van der Waals surface area (Å²) >= 11 is 0. The number of H-pyrrole nitrogens is 1. The van der Waals surface area contributed by atoms with Crippen LogP contribution in [-0.2, 0) is 17.4 Å². The molecule has 2 aromatic carbocycles. The maximum Gasteiger partial charge on any atom is 0.416 e. The number of nitrogens with zero attached hydrogens (tertiary/aromatic N) is 4. The Hall–Kier alpha value is -3.50. The van der Waals surface area contributed by atoms with Gasteiger partial charge in [-0.25, -0.2) is 4.39 Å². The molecule has 2 atom stereocenters. The third kappa shape index (κ3) is 4.22. The molecule has 2 saturated heterocycles. The number of carbonyl (C=O) groups excluding carboxylic acids is 2. The molecule has 1 aromatic heterocycles. The maximum absolute atomic E-state index is 14.1. The summed E-state index contributed by atoms with van der Waals surface area (Å²) in [6, 6.07) is 7.57. The van der Waals surface area contributed by atoms with Gasteiger partial charge in [0.2, 0.25) is 5.91 Å². The first kappa shape index (κ1) is 22.3. The third-order valence-corrected chi connectivity index (χ3v) is 6.69. The van der Waals surface area contributed by atoms with Gasteiger partial charge in [0.15, 0.2) is 0 Å². The molecule has 3 aromatic rings. The quantitative estimate of drug-likeness (QED) is 0.588. The Kier molecular flexibility index (Phi) is 5.49. The minimum atomic E-state index is -4.61. The molecular weight excluding hydrogens is 454 g/mol. The lowest BCUT2D eigenvalue weighted by atomic mass is 10.0. The molecule has 1 N–H and O–H groups in total. The summed E-state index contributed by atoms with van der Waals surface area (Å²) in [4.78, 5) is 29.1. The van der Waals surface area contributed by atoms with Gasteiger partial charge in [-0.2, -0.15) is 13.2 Å². The second-order valence-electron chi connectivity index (χ2n) is 8.88. The van der Waals surface area contributed by atoms with Gasteiger partial charge in [-0.15, -0.1) is 5.10 Å². The van der Waals surface area contributed by atoms with Crippen molar-refractivity contribution in [1.29, 1.82) is 0 Å². The Balaban J connectivity index is 1.15. The number of hydrogen-bond donors (Lipinski definition) is 1. The van der Waals surface area contributed by atoms with Crippen LogP contribution in [0.1, 0.15) is 27.9 Å². The zero-order valence-corrected chi connectivity index (χ0v) is 18.0. The van der Waals surface area contributed by atoms with Crippen LogP contribution in [0.5, 0.6) is 0 Å². The van der Waals surface area contributed by atoms with Gasteiger partial charge in [0.25, 0.3) is 5.91 Å². The monoisotopic (exact) mass is 475 g/mol. The Morgan fingerprint density at radius 2 is 1.71 bits per heavy atom. The Morgan fingerprint density at radius 1 is 1.00 bits per heavy atom. The summed E-state index contributed by atoms with van der Waals surface area (Å²) in [6.07, 6.45) is -4.56. The predicted molar refractivity (Wildman–Crippen MR) is 113 cm³/mol. The summed E-state index contributed by atoms with van der Waals surface area (Å²) in [5.41, 5.74) is 0.939. The molecule has 0 unspecified atom stereocenters. The fourth-order valence-corrected chi connectivity index (χ4v) is 4.85. The van der Waals surface area contributed by atoms with Crippen molar-refractivity contribution < 1.29 is 27.2 Å². The number of fused-ring (bicyclic) bond motifs is 2. The van der Waals surface area contributed by atoms with Crippen LogP contribution in [0.15, 0.2) is 36.4 Å². The van der Waals surface area contributed by atoms with E-state index in [0.29, 0.717) is 43.3 Å². The van der Waals surface area contributed by atoms with Gasteiger partial charge < -0.3 is 9.80 Å². The summed E-state index contributed by atoms with van der Waals surface area (Å²) in [6.45, 7) is 2.09. The molecule has 2 aliphatic rings. The Labute approximate surface area is 191 Å². The molecule has 0 aliphatic carbocycles. The van der Waals surface area contributed by atoms with Crippen LogP contribution in [0.25, 0.3) is 11.0 Å². The van der Waals surface area contributed by atoms with Gasteiger partial charge in [-0.3, -0.25) is 14.7 Å². The SMILES string of the molecule is O=C(CCc1ccc(C(F)(F)F)cc1F)N1C[C@@H]2CN(C(=O)c3ccc4[nH]nnc4c3)C[C@H]2C1. The molecule has 0 saturated carbocycles. The largest absolute Gasteiger partial charge is 0.416 e. The number of aromatic nitrogens is 3. The van der Waals surface area contributed by atoms with Crippen molar-refractivity contribution in [3.05, 3.63) is 58.9 Å². The summed E-state index contributed by atoms with van der Waals surface area (Å²) in [5.74, 6) is -0.894. The lowest BCUT2D eigenvalue weighted by molar-refractivity contribution is -0.137. The second kappa shape index (κ2) is 8.37. The number of nitrogens with one attached hydrogen (secondary N) is 1. The minimum Gasteiger partial charge on any atom is -0.342 e. The molecule has 178 valence electrons. The highest BCUT2D eigenvalue weighted by molar-refractivity contribution is 5.97. The number of rotatable bonds is 4. The van der Waals surface area contributed by atoms with E-state index in [1.54, 1.807) is 28.0 Å². The highest BCUT2D eigenvalue weighted by Gasteiger charge is 2.43. The average Bonchev–Trinajstić information content (AvgIpc) is 3.51. The van der Waals surface area contributed by atoms with E-state index < -0.39 is 17.6 Å². The molecule has 2 fully saturated rings. The molecule has 0 bridgehead atoms. The van der Waals surface area contributed by atoms with Crippen molar-refractivity contribution in [3.63, 3.8) is 0 Å². The number of halogens is 4. The topological polar surface area (TPSA) is 82.2 Å². The fraction of sp³-hybridized carbons (Fsp3) is 0.391. The predicted octanol–water partition coefficient (Wildman–Crippen LogP) is 3.28. The number of aromatic amines is 1. The highest BCUT2D eigenvalue weighted by Crippen LogP contribution is 2.33. The molecule has 2 amide bonds. The first-order valence-electron chi connectivity index (χ1n) is 10.9. The van der Waals surface area contributed by atoms with Crippen LogP contribution in [-0.4, -0.2) is 63.2 Å². The average molecular weight is 475 g/mol. The molecule has 34 heavy (non-hydrogen) atoms. The van der Waals surface area contributed by atoms with Crippen molar-refractivity contribution in [3.8, 4) is 0 Å². The van der Waals surface area contributed by atoms with Crippen LogP contribution in [0.2, 0.25) is 0 Å². The minimum absolute atomic E-state index is 0.0160. The van der Waals surface area contributed by atoms with E-state index in [9.17, 15) is 27.2 Å². The third-order valence-electron chi connectivity index (χ3n) is 6.69. The Bertz CT molecular complexity index is 1240. The zero-order valence-electron chi connectivity index (χ0n) is 18.0. The molecule has 7 nitrogen and oxygen atoms in total. The molecule has 0 radical (unpaired) electrons. The number of alkyl halides is 3. The van der Waals surface area contributed by atoms with Gasteiger partial charge in [-0.1, -0.05) is 11.3 Å². The van der Waals surface area contributed by atoms with Gasteiger partial charge in [-0.05, 0) is 42.3 Å².